The number of nitro groups is 1. The monoisotopic (exact) mass is 226 g/mol. The van der Waals surface area contributed by atoms with Gasteiger partial charge in [0, 0.05) is 29.6 Å². The first kappa shape index (κ1) is 11.8. The number of thioether (sulfide) groups is 1. The molecule has 1 rings (SSSR count). The summed E-state index contributed by atoms with van der Waals surface area (Å²) in [5.41, 5.74) is 0.918. The van der Waals surface area contributed by atoms with Crippen LogP contribution in [0.1, 0.15) is 6.92 Å². The van der Waals surface area contributed by atoms with E-state index in [0.29, 0.717) is 5.25 Å². The van der Waals surface area contributed by atoms with E-state index in [9.17, 15) is 10.1 Å². The highest BCUT2D eigenvalue weighted by molar-refractivity contribution is 7.99. The molecule has 0 heterocycles. The fraction of sp³-hybridized carbons (Fsp3) is 0.400. The second kappa shape index (κ2) is 5.60. The summed E-state index contributed by atoms with van der Waals surface area (Å²) in [7, 11) is 0. The summed E-state index contributed by atoms with van der Waals surface area (Å²) >= 11 is 1.76. The molecule has 1 N–H and O–H groups in total. The van der Waals surface area contributed by atoms with Crippen LogP contribution >= 0.6 is 11.8 Å². The third kappa shape index (κ3) is 3.79. The first-order chi connectivity index (χ1) is 7.13. The van der Waals surface area contributed by atoms with Crippen molar-refractivity contribution in [1.82, 2.24) is 0 Å². The lowest BCUT2D eigenvalue weighted by Gasteiger charge is -2.10. The third-order valence-electron chi connectivity index (χ3n) is 2.05. The summed E-state index contributed by atoms with van der Waals surface area (Å²) in [5, 5.41) is 14.2. The zero-order valence-electron chi connectivity index (χ0n) is 8.77. The minimum Gasteiger partial charge on any atom is -0.384 e. The van der Waals surface area contributed by atoms with Gasteiger partial charge in [-0.15, -0.1) is 0 Å². The molecule has 0 bridgehead atoms. The SMILES string of the molecule is CSC(C)CNc1cccc([N+](=O)[O-])c1. The molecule has 0 spiro atoms. The van der Waals surface area contributed by atoms with Gasteiger partial charge in [-0.05, 0) is 12.3 Å². The van der Waals surface area contributed by atoms with Crippen molar-refractivity contribution in [2.45, 2.75) is 12.2 Å². The van der Waals surface area contributed by atoms with E-state index in [1.165, 1.54) is 6.07 Å². The standard InChI is InChI=1S/C10H14N2O2S/c1-8(15-2)7-11-9-4-3-5-10(6-9)12(13)14/h3-6,8,11H,7H2,1-2H3. The van der Waals surface area contributed by atoms with Crippen LogP contribution in [0.3, 0.4) is 0 Å². The fourth-order valence-electron chi connectivity index (χ4n) is 1.07. The van der Waals surface area contributed by atoms with Crippen LogP contribution in [-0.2, 0) is 0 Å². The molecule has 5 heteroatoms. The van der Waals surface area contributed by atoms with Crippen molar-refractivity contribution >= 4 is 23.1 Å². The Labute approximate surface area is 93.2 Å². The molecule has 0 radical (unpaired) electrons. The van der Waals surface area contributed by atoms with Crippen molar-refractivity contribution in [3.05, 3.63) is 34.4 Å². The molecule has 1 aromatic rings. The van der Waals surface area contributed by atoms with Crippen LogP contribution in [0.2, 0.25) is 0 Å². The number of benzene rings is 1. The Kier molecular flexibility index (Phi) is 4.42. The summed E-state index contributed by atoms with van der Waals surface area (Å²) in [5.74, 6) is 0. The molecule has 4 nitrogen and oxygen atoms in total. The molecule has 0 fully saturated rings. The minimum absolute atomic E-state index is 0.122. The topological polar surface area (TPSA) is 55.2 Å². The lowest BCUT2D eigenvalue weighted by atomic mass is 10.3. The van der Waals surface area contributed by atoms with Crippen LogP contribution in [0.25, 0.3) is 0 Å². The van der Waals surface area contributed by atoms with E-state index < -0.39 is 0 Å². The van der Waals surface area contributed by atoms with Gasteiger partial charge in [-0.3, -0.25) is 10.1 Å². The number of rotatable bonds is 5. The van der Waals surface area contributed by atoms with Gasteiger partial charge in [0.25, 0.3) is 5.69 Å². The van der Waals surface area contributed by atoms with E-state index in [1.54, 1.807) is 23.9 Å². The second-order valence-corrected chi connectivity index (χ2v) is 4.51. The van der Waals surface area contributed by atoms with Gasteiger partial charge < -0.3 is 5.32 Å². The zero-order chi connectivity index (χ0) is 11.3. The number of hydrogen-bond donors (Lipinski definition) is 1. The Morgan fingerprint density at radius 3 is 2.93 bits per heavy atom. The molecule has 1 atom stereocenters. The van der Waals surface area contributed by atoms with Gasteiger partial charge in [0.2, 0.25) is 0 Å². The van der Waals surface area contributed by atoms with Crippen LogP contribution in [-0.4, -0.2) is 23.0 Å². The zero-order valence-corrected chi connectivity index (χ0v) is 9.58. The van der Waals surface area contributed by atoms with Gasteiger partial charge in [0.15, 0.2) is 0 Å². The molecule has 1 unspecified atom stereocenters. The molecule has 0 amide bonds. The molecular formula is C10H14N2O2S. The van der Waals surface area contributed by atoms with Crippen LogP contribution in [0.15, 0.2) is 24.3 Å². The van der Waals surface area contributed by atoms with Crippen LogP contribution in [0, 0.1) is 10.1 Å². The van der Waals surface area contributed by atoms with E-state index >= 15 is 0 Å². The van der Waals surface area contributed by atoms with E-state index in [4.69, 9.17) is 0 Å². The van der Waals surface area contributed by atoms with E-state index in [1.807, 2.05) is 12.3 Å². The quantitative estimate of drug-likeness (QED) is 0.619. The summed E-state index contributed by atoms with van der Waals surface area (Å²) in [6.45, 7) is 2.91. The van der Waals surface area contributed by atoms with Crippen molar-refractivity contribution in [3.63, 3.8) is 0 Å². The van der Waals surface area contributed by atoms with Gasteiger partial charge in [0.05, 0.1) is 4.92 Å². The average Bonchev–Trinajstić information content (AvgIpc) is 2.26. The average molecular weight is 226 g/mol. The summed E-state index contributed by atoms with van der Waals surface area (Å²) < 4.78 is 0. The van der Waals surface area contributed by atoms with Gasteiger partial charge >= 0.3 is 0 Å². The van der Waals surface area contributed by atoms with E-state index in [-0.39, 0.29) is 10.6 Å². The number of nitro benzene ring substituents is 1. The Morgan fingerprint density at radius 2 is 2.33 bits per heavy atom. The Balaban J connectivity index is 2.62. The summed E-state index contributed by atoms with van der Waals surface area (Å²) in [4.78, 5) is 10.1. The molecule has 0 saturated carbocycles. The minimum atomic E-state index is -0.386. The highest BCUT2D eigenvalue weighted by Gasteiger charge is 2.05. The maximum atomic E-state index is 10.5. The highest BCUT2D eigenvalue weighted by atomic mass is 32.2. The molecule has 15 heavy (non-hydrogen) atoms. The number of nitrogens with one attached hydrogen (secondary N) is 1. The molecule has 0 aliphatic heterocycles. The van der Waals surface area contributed by atoms with Gasteiger partial charge in [-0.25, -0.2) is 0 Å². The third-order valence-corrected chi connectivity index (χ3v) is 3.02. The maximum Gasteiger partial charge on any atom is 0.271 e. The summed E-state index contributed by atoms with van der Waals surface area (Å²) in [6, 6.07) is 6.56. The Hall–Kier alpha value is -1.23. The predicted octanol–water partition coefficient (Wildman–Crippen LogP) is 2.76. The van der Waals surface area contributed by atoms with E-state index in [2.05, 4.69) is 12.2 Å². The van der Waals surface area contributed by atoms with Gasteiger partial charge in [-0.1, -0.05) is 13.0 Å². The lowest BCUT2D eigenvalue weighted by Crippen LogP contribution is -2.12. The van der Waals surface area contributed by atoms with Crippen LogP contribution in [0.5, 0.6) is 0 Å². The molecular weight excluding hydrogens is 212 g/mol. The van der Waals surface area contributed by atoms with Gasteiger partial charge in [0.1, 0.15) is 0 Å². The second-order valence-electron chi connectivity index (χ2n) is 3.23. The number of non-ortho nitro benzene ring substituents is 1. The largest absolute Gasteiger partial charge is 0.384 e. The number of hydrogen-bond acceptors (Lipinski definition) is 4. The molecule has 82 valence electrons. The molecule has 0 aliphatic carbocycles. The van der Waals surface area contributed by atoms with Crippen LogP contribution < -0.4 is 5.32 Å². The van der Waals surface area contributed by atoms with Crippen molar-refractivity contribution in [2.24, 2.45) is 0 Å². The van der Waals surface area contributed by atoms with Crippen molar-refractivity contribution in [1.29, 1.82) is 0 Å². The highest BCUT2D eigenvalue weighted by Crippen LogP contribution is 2.17. The fourth-order valence-corrected chi connectivity index (χ4v) is 1.32. The molecule has 0 saturated heterocycles. The molecule has 0 aliphatic rings. The number of anilines is 1. The normalized spacial score (nSPS) is 12.1. The van der Waals surface area contributed by atoms with Gasteiger partial charge in [-0.2, -0.15) is 11.8 Å². The molecule has 0 aromatic heterocycles. The Bertz CT molecular complexity index is 344. The van der Waals surface area contributed by atoms with Crippen molar-refractivity contribution in [3.8, 4) is 0 Å². The first-order valence-corrected chi connectivity index (χ1v) is 5.93. The smallest absolute Gasteiger partial charge is 0.271 e. The van der Waals surface area contributed by atoms with Crippen LogP contribution in [0.4, 0.5) is 11.4 Å². The maximum absolute atomic E-state index is 10.5. The lowest BCUT2D eigenvalue weighted by molar-refractivity contribution is -0.384. The van der Waals surface area contributed by atoms with E-state index in [0.717, 1.165) is 12.2 Å². The van der Waals surface area contributed by atoms with Crippen molar-refractivity contribution < 1.29 is 4.92 Å². The number of nitrogens with zero attached hydrogens (tertiary/aromatic N) is 1. The Morgan fingerprint density at radius 1 is 1.60 bits per heavy atom. The molecule has 1 aromatic carbocycles. The summed E-state index contributed by atoms with van der Waals surface area (Å²) in [6.07, 6.45) is 2.04. The van der Waals surface area contributed by atoms with Crippen molar-refractivity contribution in [2.75, 3.05) is 18.1 Å². The first-order valence-electron chi connectivity index (χ1n) is 4.64. The predicted molar refractivity (Wildman–Crippen MR) is 64.6 cm³/mol.